The van der Waals surface area contributed by atoms with Crippen LogP contribution in [0.5, 0.6) is 0 Å². The molecular weight excluding hydrogens is 1600 g/mol. The number of alkyl carbamates (subject to hydrolysis) is 2. The lowest BCUT2D eigenvalue weighted by atomic mass is 9.83. The van der Waals surface area contributed by atoms with Crippen molar-refractivity contribution in [1.29, 1.82) is 0 Å². The summed E-state index contributed by atoms with van der Waals surface area (Å²) in [5, 5.41) is 44.3. The van der Waals surface area contributed by atoms with Crippen molar-refractivity contribution < 1.29 is 158 Å². The molecule has 0 spiro atoms. The number of rotatable bonds is 43. The van der Waals surface area contributed by atoms with Crippen LogP contribution >= 0.6 is 0 Å². The summed E-state index contributed by atoms with van der Waals surface area (Å²) in [6.07, 6.45) is 0.523. The minimum absolute atomic E-state index is 0.0134. The van der Waals surface area contributed by atoms with E-state index in [2.05, 4.69) is 51.0 Å². The molecule has 4 saturated heterocycles. The quantitative estimate of drug-likeness (QED) is 0.0150. The monoisotopic (exact) mass is 1740 g/mol. The second-order valence-corrected chi connectivity index (χ2v) is 31.6. The first-order valence-electron chi connectivity index (χ1n) is 43.0. The summed E-state index contributed by atoms with van der Waals surface area (Å²) in [5.74, 6) is 21.3. The minimum Gasteiger partial charge on any atom is -0.463 e. The smallest absolute Gasteiger partial charge is 0.463 e. The van der Waals surface area contributed by atoms with Gasteiger partial charge >= 0.3 is 42.2 Å². The van der Waals surface area contributed by atoms with Crippen LogP contribution in [0, 0.1) is 112 Å². The third-order valence-corrected chi connectivity index (χ3v) is 23.2. The molecule has 7 fully saturated rings. The van der Waals surface area contributed by atoms with Crippen LogP contribution in [0.25, 0.3) is 0 Å². The zero-order chi connectivity index (χ0) is 88.3. The molecule has 4 amide bonds. The van der Waals surface area contributed by atoms with Gasteiger partial charge in [-0.25, -0.2) is 14.4 Å². The second kappa shape index (κ2) is 56.0. The third-order valence-electron chi connectivity index (χ3n) is 23.2. The van der Waals surface area contributed by atoms with E-state index in [1.807, 2.05) is 27.7 Å². The lowest BCUT2D eigenvalue weighted by Gasteiger charge is -2.43. The Morgan fingerprint density at radius 2 is 0.730 bits per heavy atom. The maximum Gasteiger partial charge on any atom is 0.533 e. The zero-order valence-electron chi connectivity index (χ0n) is 71.9. The van der Waals surface area contributed by atoms with Gasteiger partial charge in [0.25, 0.3) is 11.8 Å². The van der Waals surface area contributed by atoms with Gasteiger partial charge in [0.15, 0.2) is 31.1 Å². The van der Waals surface area contributed by atoms with Crippen molar-refractivity contribution in [3.8, 4) is 35.5 Å². The molecule has 0 aromatic heterocycles. The highest BCUT2D eigenvalue weighted by atomic mass is 16.8. The van der Waals surface area contributed by atoms with Gasteiger partial charge in [0.1, 0.15) is 37.6 Å². The Morgan fingerprint density at radius 3 is 1.07 bits per heavy atom. The first-order chi connectivity index (χ1) is 58.8. The molecule has 3 saturated carbocycles. The van der Waals surface area contributed by atoms with Crippen LogP contribution in [0.3, 0.4) is 0 Å². The van der Waals surface area contributed by atoms with Gasteiger partial charge in [0.05, 0.1) is 138 Å². The van der Waals surface area contributed by atoms with Crippen LogP contribution in [0.1, 0.15) is 145 Å². The van der Waals surface area contributed by atoms with Crippen molar-refractivity contribution in [3.05, 3.63) is 0 Å². The Balaban J connectivity index is 0.000000229. The van der Waals surface area contributed by atoms with Gasteiger partial charge in [-0.2, -0.15) is 0 Å². The molecule has 10 aliphatic rings. The van der Waals surface area contributed by atoms with E-state index in [9.17, 15) is 58.5 Å². The number of amides is 4. The van der Waals surface area contributed by atoms with E-state index in [1.165, 1.54) is 27.7 Å². The van der Waals surface area contributed by atoms with Crippen molar-refractivity contribution in [2.75, 3.05) is 158 Å². The number of imide groups is 1. The Labute approximate surface area is 714 Å². The number of carbonyl (C=O) groups is 9. The number of nitrogens with two attached hydrogens (primary N) is 1. The molecule has 0 radical (unpaired) electrons. The molecule has 10 rings (SSSR count). The molecule has 0 aromatic carbocycles. The Kier molecular flexibility index (Phi) is 46.8. The normalized spacial score (nSPS) is 31.3. The van der Waals surface area contributed by atoms with Gasteiger partial charge in [0, 0.05) is 111 Å². The molecule has 18 unspecified atom stereocenters. The average Bonchev–Trinajstić information content (AvgIpc) is 1.60. The van der Waals surface area contributed by atoms with Crippen LogP contribution in [0.2, 0.25) is 0 Å². The molecule has 8 N–H and O–H groups in total. The number of carbonyl (C=O) groups excluding carboxylic acids is 9. The first kappa shape index (κ1) is 102. The lowest BCUT2D eigenvalue weighted by molar-refractivity contribution is -0.302. The number of fused-ring (bicyclic) bond motifs is 3. The highest BCUT2D eigenvalue weighted by molar-refractivity contribution is 6.01. The standard InChI is InChI=1S/C29H45NO10.C23H37NO10.C18H33NO8.C15H17NO5/c1-19-20(2)27(39-22(4)32)28(40-26(19)18-37-21(3)31)36-16-15-35-14-13-34-12-11-30-29(33)38-17-25-23-9-7-5-6-8-10-24(23)25;25-13-18-19(26)20(27)21(28)22(34-18)32-12-11-31-10-9-30-8-7-24-23(29)33-14-17-15-5-3-1-2-4-6-16(15)17;1-12-13(2)17(26-15(4)21)18(27-16(12)11-25-14(3)20)24-10-9-23-8-7-22-6-5-19;17-13-7-8-14(18)16(13)21-15(19)20-9-12-10-5-3-1-2-4-6-11(10)12/h19-20,23-28H,7-18H2,1-4H3,(H,30,33);15-22,25-28H,3-14H2,(H,24,29);12-13,16-18H,5-11,19H2,1-4H3;10-12H,3-9H2/t19?,20?,23-,24+,25?,26?,27?,28?;15-,16+,17?,18?,19?,20?,21?,22?;;10-,11+,12?. The summed E-state index contributed by atoms with van der Waals surface area (Å²) in [7, 11) is 0. The van der Waals surface area contributed by atoms with Gasteiger partial charge in [0.2, 0.25) is 0 Å². The van der Waals surface area contributed by atoms with Gasteiger partial charge in [-0.15, -0.1) is 35.5 Å². The number of nitrogens with one attached hydrogen (secondary N) is 2. The minimum atomic E-state index is -1.47. The van der Waals surface area contributed by atoms with Gasteiger partial charge in [-0.05, 0) is 104 Å². The molecule has 0 aromatic rings. The molecule has 690 valence electrons. The molecule has 37 heteroatoms. The topological polar surface area (TPSA) is 472 Å². The van der Waals surface area contributed by atoms with E-state index in [1.54, 1.807) is 0 Å². The number of hydrogen-bond acceptors (Lipinski definition) is 34. The number of nitrogens with zero attached hydrogens (tertiary/aromatic N) is 1. The molecule has 24 atom stereocenters. The predicted octanol–water partition coefficient (Wildman–Crippen LogP) is 3.83. The number of hydroxylamine groups is 2. The summed E-state index contributed by atoms with van der Waals surface area (Å²) in [4.78, 5) is 108. The predicted molar refractivity (Wildman–Crippen MR) is 426 cm³/mol. The van der Waals surface area contributed by atoms with E-state index in [0.717, 1.165) is 77.0 Å². The lowest BCUT2D eigenvalue weighted by Crippen LogP contribution is -2.59. The number of ether oxygens (including phenoxy) is 19. The fourth-order valence-electron chi connectivity index (χ4n) is 15.9. The molecule has 122 heavy (non-hydrogen) atoms. The van der Waals surface area contributed by atoms with Crippen molar-refractivity contribution in [2.24, 2.45) is 82.7 Å². The molecule has 4 aliphatic heterocycles. The largest absolute Gasteiger partial charge is 0.533 e. The van der Waals surface area contributed by atoms with E-state index in [0.29, 0.717) is 157 Å². The van der Waals surface area contributed by atoms with Crippen LogP contribution in [0.4, 0.5) is 14.4 Å². The van der Waals surface area contributed by atoms with Crippen molar-refractivity contribution in [3.63, 3.8) is 0 Å². The Hall–Kier alpha value is -7.17. The highest BCUT2D eigenvalue weighted by Gasteiger charge is 2.53. The van der Waals surface area contributed by atoms with Crippen LogP contribution in [0.15, 0.2) is 0 Å². The fraction of sp³-hybridized carbons (Fsp3) is 0.824. The first-order valence-corrected chi connectivity index (χ1v) is 43.0. The van der Waals surface area contributed by atoms with Crippen LogP contribution < -0.4 is 16.4 Å². The Morgan fingerprint density at radius 1 is 0.402 bits per heavy atom. The van der Waals surface area contributed by atoms with E-state index in [4.69, 9.17) is 101 Å². The van der Waals surface area contributed by atoms with Gasteiger partial charge in [-0.1, -0.05) is 32.8 Å². The summed E-state index contributed by atoms with van der Waals surface area (Å²) >= 11 is 0. The summed E-state index contributed by atoms with van der Waals surface area (Å²) in [6, 6.07) is 0. The summed E-state index contributed by atoms with van der Waals surface area (Å²) in [6.45, 7) is 20.1. The maximum atomic E-state index is 11.9. The molecule has 4 heterocycles. The average molecular weight is 1740 g/mol. The molecular formula is C85H132N4O33. The van der Waals surface area contributed by atoms with Crippen molar-refractivity contribution >= 4 is 54.0 Å². The van der Waals surface area contributed by atoms with Crippen LogP contribution in [-0.2, 0) is 124 Å². The highest BCUT2D eigenvalue weighted by Crippen LogP contribution is 2.54. The number of esters is 4. The van der Waals surface area contributed by atoms with Crippen LogP contribution in [-0.4, -0.2) is 306 Å². The fourth-order valence-corrected chi connectivity index (χ4v) is 15.9. The van der Waals surface area contributed by atoms with E-state index >= 15 is 0 Å². The Bertz CT molecular complexity index is 3320. The van der Waals surface area contributed by atoms with Crippen molar-refractivity contribution in [1.82, 2.24) is 15.7 Å². The number of aliphatic hydroxyl groups excluding tert-OH is 4. The number of aliphatic hydroxyl groups is 4. The molecule has 37 nitrogen and oxygen atoms in total. The molecule has 6 aliphatic carbocycles. The van der Waals surface area contributed by atoms with E-state index < -0.39 is 104 Å². The third kappa shape index (κ3) is 36.1. The van der Waals surface area contributed by atoms with Crippen molar-refractivity contribution in [2.45, 2.75) is 213 Å². The maximum absolute atomic E-state index is 11.9. The van der Waals surface area contributed by atoms with E-state index in [-0.39, 0.29) is 114 Å². The summed E-state index contributed by atoms with van der Waals surface area (Å²) in [5.41, 5.74) is 5.33. The SMILES string of the molecule is CC(=O)OCC1OC(OCCOCCOCCN)C(OC(C)=O)C(C)C1C.CC(=O)OCC1OC(OCCOCCOCCNC(=O)OCC2[C@H]3CCC#CCC[C@@H]23)C(OC(C)=O)C(C)C1C.O=C(NCCOCCOCCOC1OC(CO)C(O)C(O)C1O)OCC1[C@H]2CCC#CCC[C@@H]12.O=C(OCC1[C@H]2CCC#CCC[C@@H]12)ON1C(=O)CCC1=O. The summed E-state index contributed by atoms with van der Waals surface area (Å²) < 4.78 is 103. The number of hydrogen-bond donors (Lipinski definition) is 7. The second-order valence-electron chi connectivity index (χ2n) is 31.6. The zero-order valence-corrected chi connectivity index (χ0v) is 71.9. The van der Waals surface area contributed by atoms with Gasteiger partial charge in [-0.3, -0.25) is 33.6 Å². The molecule has 0 bridgehead atoms. The van der Waals surface area contributed by atoms with Gasteiger partial charge < -0.3 is 127 Å².